The van der Waals surface area contributed by atoms with E-state index in [1.165, 1.54) is 18.1 Å². The Balaban J connectivity index is 0.000000555. The van der Waals surface area contributed by atoms with Gasteiger partial charge in [0, 0.05) is 25.2 Å². The highest BCUT2D eigenvalue weighted by molar-refractivity contribution is 5.92. The summed E-state index contributed by atoms with van der Waals surface area (Å²) < 4.78 is 5.82. The van der Waals surface area contributed by atoms with Gasteiger partial charge in [-0.3, -0.25) is 19.2 Å². The van der Waals surface area contributed by atoms with Crippen LogP contribution in [0.4, 0.5) is 0 Å². The summed E-state index contributed by atoms with van der Waals surface area (Å²) in [5.74, 6) is 0.783. The summed E-state index contributed by atoms with van der Waals surface area (Å²) in [6.45, 7) is 11.4. The lowest BCUT2D eigenvalue weighted by atomic mass is 9.47. The van der Waals surface area contributed by atoms with Gasteiger partial charge in [-0.2, -0.15) is 0 Å². The second-order valence-corrected chi connectivity index (χ2v) is 10.9. The molecule has 2 N–H and O–H groups in total. The van der Waals surface area contributed by atoms with Gasteiger partial charge in [0.1, 0.15) is 0 Å². The van der Waals surface area contributed by atoms with Gasteiger partial charge in [-0.15, -0.1) is 0 Å². The van der Waals surface area contributed by atoms with Crippen LogP contribution in [0.5, 0.6) is 0 Å². The number of ether oxygens (including phenoxy) is 1. The first-order chi connectivity index (χ1) is 15.3. The third-order valence-corrected chi connectivity index (χ3v) is 9.18. The van der Waals surface area contributed by atoms with E-state index in [4.69, 9.17) is 4.74 Å². The number of rotatable bonds is 3. The van der Waals surface area contributed by atoms with Gasteiger partial charge < -0.3 is 10.5 Å². The van der Waals surface area contributed by atoms with E-state index in [2.05, 4.69) is 32.6 Å². The molecule has 4 aliphatic carbocycles. The summed E-state index contributed by atoms with van der Waals surface area (Å²) in [7, 11) is 0. The number of ketones is 2. The van der Waals surface area contributed by atoms with Crippen molar-refractivity contribution in [3.63, 3.8) is 0 Å². The van der Waals surface area contributed by atoms with Gasteiger partial charge in [-0.05, 0) is 80.8 Å². The van der Waals surface area contributed by atoms with E-state index in [9.17, 15) is 19.2 Å². The minimum absolute atomic E-state index is 0.0160. The molecule has 0 saturated heterocycles. The zero-order valence-electron chi connectivity index (χ0n) is 21.0. The maximum atomic E-state index is 12.8. The van der Waals surface area contributed by atoms with Crippen LogP contribution >= 0.6 is 0 Å². The van der Waals surface area contributed by atoms with Crippen LogP contribution in [0.15, 0.2) is 23.3 Å². The van der Waals surface area contributed by atoms with Crippen LogP contribution in [0.2, 0.25) is 0 Å². The molecule has 1 amide bonds. The quantitative estimate of drug-likeness (QED) is 0.630. The molecule has 6 heteroatoms. The van der Waals surface area contributed by atoms with Crippen LogP contribution in [-0.2, 0) is 23.9 Å². The van der Waals surface area contributed by atoms with Crippen molar-refractivity contribution in [2.24, 2.45) is 34.3 Å². The number of primary amides is 1. The van der Waals surface area contributed by atoms with Gasteiger partial charge in [0.2, 0.25) is 5.91 Å². The van der Waals surface area contributed by atoms with Crippen LogP contribution in [0.3, 0.4) is 0 Å². The van der Waals surface area contributed by atoms with Crippen LogP contribution in [0, 0.1) is 28.6 Å². The van der Waals surface area contributed by atoms with E-state index < -0.39 is 5.60 Å². The molecule has 4 rings (SSSR count). The predicted molar refractivity (Wildman–Crippen MR) is 126 cm³/mol. The standard InChI is InChI=1S/C24H32O4.C3H7NO/c1-14-12-18-19(22(4)9-6-17(27)13-21(14)22)7-10-23(5)20(18)8-11-24(23,15(2)25)28-16(3)26;1-2-3(4)5/h12-13,18-20H,6-11H2,1-5H3;2H2,1H3,(H2,4,5)/t18-,19+,20+,22-,23+,24+;/m1./s1. The Kier molecular flexibility index (Phi) is 6.80. The largest absolute Gasteiger partial charge is 0.451 e. The van der Waals surface area contributed by atoms with Crippen molar-refractivity contribution in [3.05, 3.63) is 23.3 Å². The SMILES string of the molecule is CC(=O)O[C@]1(C(C)=O)CC[C@H]2[C@@H]3C=C(C)C4=CC(=O)CC[C@]4(C)[C@H]3CC[C@@]21C.CCC(N)=O. The summed E-state index contributed by atoms with van der Waals surface area (Å²) >= 11 is 0. The van der Waals surface area contributed by atoms with Crippen LogP contribution < -0.4 is 5.73 Å². The molecular formula is C27H39NO5. The van der Waals surface area contributed by atoms with Crippen molar-refractivity contribution in [1.29, 1.82) is 0 Å². The third kappa shape index (κ3) is 4.00. The minimum atomic E-state index is -0.990. The zero-order chi connectivity index (χ0) is 24.8. The van der Waals surface area contributed by atoms with Gasteiger partial charge in [0.25, 0.3) is 0 Å². The lowest BCUT2D eigenvalue weighted by Gasteiger charge is -2.58. The summed E-state index contributed by atoms with van der Waals surface area (Å²) in [5.41, 5.74) is 5.81. The molecule has 6 atom stereocenters. The molecule has 4 aliphatic rings. The van der Waals surface area contributed by atoms with E-state index >= 15 is 0 Å². The molecule has 0 bridgehead atoms. The molecule has 0 aromatic heterocycles. The first-order valence-electron chi connectivity index (χ1n) is 12.2. The number of Topliss-reactive ketones (excluding diaryl/α,β-unsaturated/α-hetero) is 1. The summed E-state index contributed by atoms with van der Waals surface area (Å²) in [6.07, 6.45) is 9.64. The van der Waals surface area contributed by atoms with Gasteiger partial charge in [-0.1, -0.05) is 32.4 Å². The average Bonchev–Trinajstić information content (AvgIpc) is 3.03. The van der Waals surface area contributed by atoms with Crippen molar-refractivity contribution < 1.29 is 23.9 Å². The molecular weight excluding hydrogens is 418 g/mol. The lowest BCUT2D eigenvalue weighted by molar-refractivity contribution is -0.185. The molecule has 0 aliphatic heterocycles. The molecule has 0 aromatic rings. The van der Waals surface area contributed by atoms with Crippen molar-refractivity contribution in [3.8, 4) is 0 Å². The molecule has 0 unspecified atom stereocenters. The number of hydrogen-bond acceptors (Lipinski definition) is 5. The molecule has 0 aromatic carbocycles. The van der Waals surface area contributed by atoms with Crippen molar-refractivity contribution >= 4 is 23.4 Å². The first kappa shape index (κ1) is 25.4. The maximum absolute atomic E-state index is 12.8. The van der Waals surface area contributed by atoms with Crippen molar-refractivity contribution in [1.82, 2.24) is 0 Å². The van der Waals surface area contributed by atoms with Gasteiger partial charge in [0.05, 0.1) is 0 Å². The number of amides is 1. The number of fused-ring (bicyclic) bond motifs is 5. The number of hydrogen-bond donors (Lipinski definition) is 1. The van der Waals surface area contributed by atoms with Gasteiger partial charge >= 0.3 is 5.97 Å². The van der Waals surface area contributed by atoms with Gasteiger partial charge in [0.15, 0.2) is 17.2 Å². The molecule has 2 fully saturated rings. The Morgan fingerprint density at radius 2 is 1.70 bits per heavy atom. The Bertz CT molecular complexity index is 933. The Hall–Kier alpha value is -2.24. The van der Waals surface area contributed by atoms with E-state index in [-0.39, 0.29) is 34.3 Å². The zero-order valence-corrected chi connectivity index (χ0v) is 21.0. The van der Waals surface area contributed by atoms with Crippen LogP contribution in [0.25, 0.3) is 0 Å². The van der Waals surface area contributed by atoms with Gasteiger partial charge in [-0.25, -0.2) is 0 Å². The van der Waals surface area contributed by atoms with Crippen LogP contribution in [0.1, 0.15) is 86.5 Å². The fraction of sp³-hybridized carbons (Fsp3) is 0.704. The Morgan fingerprint density at radius 3 is 2.24 bits per heavy atom. The Labute approximate surface area is 197 Å². The lowest BCUT2D eigenvalue weighted by Crippen LogP contribution is -2.58. The minimum Gasteiger partial charge on any atom is -0.451 e. The number of carbonyl (C=O) groups excluding carboxylic acids is 4. The van der Waals surface area contributed by atoms with E-state index in [1.54, 1.807) is 13.8 Å². The van der Waals surface area contributed by atoms with E-state index in [1.807, 2.05) is 6.08 Å². The highest BCUT2D eigenvalue weighted by Gasteiger charge is 2.67. The smallest absolute Gasteiger partial charge is 0.303 e. The second-order valence-electron chi connectivity index (χ2n) is 10.9. The summed E-state index contributed by atoms with van der Waals surface area (Å²) in [5, 5.41) is 0. The monoisotopic (exact) mass is 457 g/mol. The summed E-state index contributed by atoms with van der Waals surface area (Å²) in [4.78, 5) is 46.3. The maximum Gasteiger partial charge on any atom is 0.303 e. The fourth-order valence-electron chi connectivity index (χ4n) is 7.48. The Morgan fingerprint density at radius 1 is 1.09 bits per heavy atom. The topological polar surface area (TPSA) is 104 Å². The molecule has 0 spiro atoms. The molecule has 6 nitrogen and oxygen atoms in total. The molecule has 2 saturated carbocycles. The fourth-order valence-corrected chi connectivity index (χ4v) is 7.48. The number of esters is 1. The van der Waals surface area contributed by atoms with Crippen LogP contribution in [-0.4, -0.2) is 29.0 Å². The number of nitrogens with two attached hydrogens (primary N) is 1. The molecule has 182 valence electrons. The first-order valence-corrected chi connectivity index (χ1v) is 12.2. The van der Waals surface area contributed by atoms with Crippen molar-refractivity contribution in [2.75, 3.05) is 0 Å². The molecule has 0 heterocycles. The van der Waals surface area contributed by atoms with Crippen molar-refractivity contribution in [2.45, 2.75) is 92.1 Å². The second kappa shape index (κ2) is 8.84. The molecule has 0 radical (unpaired) electrons. The predicted octanol–water partition coefficient (Wildman–Crippen LogP) is 4.46. The third-order valence-electron chi connectivity index (χ3n) is 9.18. The normalized spacial score (nSPS) is 39.0. The molecule has 33 heavy (non-hydrogen) atoms. The number of carbonyl (C=O) groups is 4. The summed E-state index contributed by atoms with van der Waals surface area (Å²) in [6, 6.07) is 0. The highest BCUT2D eigenvalue weighted by atomic mass is 16.6. The van der Waals surface area contributed by atoms with E-state index in [0.29, 0.717) is 37.0 Å². The van der Waals surface area contributed by atoms with E-state index in [0.717, 1.165) is 25.7 Å². The highest BCUT2D eigenvalue weighted by Crippen LogP contribution is 2.67. The average molecular weight is 458 g/mol. The number of allylic oxidation sites excluding steroid dienone is 4.